The topological polar surface area (TPSA) is 35.5 Å². The number of hydrogen-bond donors (Lipinski definition) is 0. The van der Waals surface area contributed by atoms with Crippen LogP contribution in [0.3, 0.4) is 0 Å². The summed E-state index contributed by atoms with van der Waals surface area (Å²) < 4.78 is 10.4. The number of carbonyl (C=O) groups is 1. The average Bonchev–Trinajstić information content (AvgIpc) is 2.28. The molecule has 0 aliphatic rings. The molecule has 1 aromatic carbocycles. The minimum absolute atomic E-state index is 0.0766. The largest absolute Gasteiger partial charge is 0.493 e. The van der Waals surface area contributed by atoms with E-state index in [-0.39, 0.29) is 12.4 Å². The van der Waals surface area contributed by atoms with Gasteiger partial charge >= 0.3 is 0 Å². The molecule has 0 N–H and O–H groups in total. The third-order valence-corrected chi connectivity index (χ3v) is 1.86. The maximum Gasteiger partial charge on any atom is 0.161 e. The summed E-state index contributed by atoms with van der Waals surface area (Å²) in [6.07, 6.45) is 0.398. The van der Waals surface area contributed by atoms with E-state index in [2.05, 4.69) is 0 Å². The van der Waals surface area contributed by atoms with Gasteiger partial charge in [0.15, 0.2) is 5.78 Å². The molecule has 0 aliphatic carbocycles. The standard InChI is InChI=1S/C12H16O3/c1-2-14-10-11(13)8-9-15-12-6-4-3-5-7-12/h3-7H,2,8-10H2,1H3. The minimum atomic E-state index is 0.0766. The first-order chi connectivity index (χ1) is 7.33. The summed E-state index contributed by atoms with van der Waals surface area (Å²) in [7, 11) is 0. The lowest BCUT2D eigenvalue weighted by Gasteiger charge is -2.05. The van der Waals surface area contributed by atoms with Gasteiger partial charge in [0.25, 0.3) is 0 Å². The van der Waals surface area contributed by atoms with Crippen LogP contribution in [0.15, 0.2) is 30.3 Å². The van der Waals surface area contributed by atoms with Crippen molar-refractivity contribution < 1.29 is 14.3 Å². The van der Waals surface area contributed by atoms with E-state index in [1.54, 1.807) is 0 Å². The Bertz CT molecular complexity index is 282. The quantitative estimate of drug-likeness (QED) is 0.688. The molecule has 0 unspecified atom stereocenters. The molecule has 1 rings (SSSR count). The number of ether oxygens (including phenoxy) is 2. The van der Waals surface area contributed by atoms with Gasteiger partial charge in [0.1, 0.15) is 12.4 Å². The van der Waals surface area contributed by atoms with Crippen LogP contribution in [0.1, 0.15) is 13.3 Å². The zero-order valence-corrected chi connectivity index (χ0v) is 8.94. The number of para-hydroxylation sites is 1. The molecule has 0 fully saturated rings. The lowest BCUT2D eigenvalue weighted by atomic mass is 10.3. The fraction of sp³-hybridized carbons (Fsp3) is 0.417. The van der Waals surface area contributed by atoms with Crippen LogP contribution in [0.5, 0.6) is 5.75 Å². The molecule has 0 bridgehead atoms. The van der Waals surface area contributed by atoms with Gasteiger partial charge in [-0.25, -0.2) is 0 Å². The van der Waals surface area contributed by atoms with Gasteiger partial charge in [-0.15, -0.1) is 0 Å². The highest BCUT2D eigenvalue weighted by Crippen LogP contribution is 2.08. The molecule has 82 valence electrons. The summed E-state index contributed by atoms with van der Waals surface area (Å²) >= 11 is 0. The number of Topliss-reactive ketones (excluding diaryl/α,β-unsaturated/α-hetero) is 1. The third-order valence-electron chi connectivity index (χ3n) is 1.86. The molecule has 0 aliphatic heterocycles. The van der Waals surface area contributed by atoms with E-state index in [0.717, 1.165) is 5.75 Å². The molecule has 0 saturated carbocycles. The maximum absolute atomic E-state index is 11.2. The van der Waals surface area contributed by atoms with Crippen molar-refractivity contribution in [1.82, 2.24) is 0 Å². The highest BCUT2D eigenvalue weighted by Gasteiger charge is 2.01. The monoisotopic (exact) mass is 208 g/mol. The van der Waals surface area contributed by atoms with Gasteiger partial charge in [0.05, 0.1) is 6.61 Å². The zero-order valence-electron chi connectivity index (χ0n) is 8.94. The molecule has 0 heterocycles. The Morgan fingerprint density at radius 2 is 2.00 bits per heavy atom. The average molecular weight is 208 g/mol. The highest BCUT2D eigenvalue weighted by atomic mass is 16.5. The van der Waals surface area contributed by atoms with Crippen LogP contribution in [0, 0.1) is 0 Å². The zero-order chi connectivity index (χ0) is 10.9. The Balaban J connectivity index is 2.14. The lowest BCUT2D eigenvalue weighted by Crippen LogP contribution is -2.12. The second-order valence-corrected chi connectivity index (χ2v) is 3.09. The third kappa shape index (κ3) is 5.18. The fourth-order valence-electron chi connectivity index (χ4n) is 1.09. The van der Waals surface area contributed by atoms with E-state index in [9.17, 15) is 4.79 Å². The molecule has 0 spiro atoms. The van der Waals surface area contributed by atoms with Gasteiger partial charge < -0.3 is 9.47 Å². The first kappa shape index (κ1) is 11.7. The van der Waals surface area contributed by atoms with Gasteiger partial charge in [-0.2, -0.15) is 0 Å². The number of rotatable bonds is 7. The second kappa shape index (κ2) is 7.01. The second-order valence-electron chi connectivity index (χ2n) is 3.09. The van der Waals surface area contributed by atoms with Crippen molar-refractivity contribution >= 4 is 5.78 Å². The Labute approximate surface area is 90.0 Å². The Morgan fingerprint density at radius 1 is 1.27 bits per heavy atom. The van der Waals surface area contributed by atoms with Gasteiger partial charge in [-0.3, -0.25) is 4.79 Å². The van der Waals surface area contributed by atoms with Crippen LogP contribution in [0.2, 0.25) is 0 Å². The molecule has 15 heavy (non-hydrogen) atoms. The van der Waals surface area contributed by atoms with Crippen LogP contribution in [0.4, 0.5) is 0 Å². The van der Waals surface area contributed by atoms with E-state index in [1.165, 1.54) is 0 Å². The van der Waals surface area contributed by atoms with E-state index in [0.29, 0.717) is 19.6 Å². The number of benzene rings is 1. The Hall–Kier alpha value is -1.35. The molecule has 3 heteroatoms. The molecule has 0 amide bonds. The Kier molecular flexibility index (Phi) is 5.48. The summed E-state index contributed by atoms with van der Waals surface area (Å²) in [6.45, 7) is 3.05. The van der Waals surface area contributed by atoms with Gasteiger partial charge in [-0.1, -0.05) is 18.2 Å². The van der Waals surface area contributed by atoms with Crippen molar-refractivity contribution in [2.45, 2.75) is 13.3 Å². The predicted molar refractivity (Wildman–Crippen MR) is 58.1 cm³/mol. The van der Waals surface area contributed by atoms with E-state index >= 15 is 0 Å². The number of hydrogen-bond acceptors (Lipinski definition) is 3. The fourth-order valence-corrected chi connectivity index (χ4v) is 1.09. The molecule has 3 nitrogen and oxygen atoms in total. The van der Waals surface area contributed by atoms with Crippen LogP contribution in [-0.4, -0.2) is 25.6 Å². The van der Waals surface area contributed by atoms with E-state index in [1.807, 2.05) is 37.3 Å². The predicted octanol–water partition coefficient (Wildman–Crippen LogP) is 2.06. The van der Waals surface area contributed by atoms with E-state index in [4.69, 9.17) is 9.47 Å². The smallest absolute Gasteiger partial charge is 0.161 e. The van der Waals surface area contributed by atoms with Crippen molar-refractivity contribution in [3.63, 3.8) is 0 Å². The first-order valence-corrected chi connectivity index (χ1v) is 5.10. The normalized spacial score (nSPS) is 9.93. The molecule has 0 saturated heterocycles. The van der Waals surface area contributed by atoms with E-state index < -0.39 is 0 Å². The minimum Gasteiger partial charge on any atom is -0.493 e. The molecule has 1 aromatic rings. The molecular weight excluding hydrogens is 192 g/mol. The summed E-state index contributed by atoms with van der Waals surface area (Å²) in [4.78, 5) is 11.2. The van der Waals surface area contributed by atoms with Gasteiger partial charge in [0, 0.05) is 13.0 Å². The van der Waals surface area contributed by atoms with Crippen LogP contribution < -0.4 is 4.74 Å². The Morgan fingerprint density at radius 3 is 2.67 bits per heavy atom. The summed E-state index contributed by atoms with van der Waals surface area (Å²) in [5.41, 5.74) is 0. The summed E-state index contributed by atoms with van der Waals surface area (Å²) in [5.74, 6) is 0.870. The van der Waals surface area contributed by atoms with Gasteiger partial charge in [-0.05, 0) is 19.1 Å². The summed E-state index contributed by atoms with van der Waals surface area (Å²) in [6, 6.07) is 9.46. The van der Waals surface area contributed by atoms with Crippen molar-refractivity contribution in [3.05, 3.63) is 30.3 Å². The van der Waals surface area contributed by atoms with Gasteiger partial charge in [0.2, 0.25) is 0 Å². The highest BCUT2D eigenvalue weighted by molar-refractivity contribution is 5.79. The molecule has 0 atom stereocenters. The first-order valence-electron chi connectivity index (χ1n) is 5.10. The van der Waals surface area contributed by atoms with Crippen LogP contribution >= 0.6 is 0 Å². The SMILES string of the molecule is CCOCC(=O)CCOc1ccccc1. The number of carbonyl (C=O) groups excluding carboxylic acids is 1. The lowest BCUT2D eigenvalue weighted by molar-refractivity contribution is -0.123. The molecule has 0 aromatic heterocycles. The van der Waals surface area contributed by atoms with Crippen LogP contribution in [-0.2, 0) is 9.53 Å². The van der Waals surface area contributed by atoms with Crippen molar-refractivity contribution in [3.8, 4) is 5.75 Å². The van der Waals surface area contributed by atoms with Crippen molar-refractivity contribution in [2.75, 3.05) is 19.8 Å². The summed E-state index contributed by atoms with van der Waals surface area (Å²) in [5, 5.41) is 0. The molecule has 0 radical (unpaired) electrons. The van der Waals surface area contributed by atoms with Crippen molar-refractivity contribution in [2.24, 2.45) is 0 Å². The number of ketones is 1. The maximum atomic E-state index is 11.2. The van der Waals surface area contributed by atoms with Crippen LogP contribution in [0.25, 0.3) is 0 Å². The van der Waals surface area contributed by atoms with Crippen molar-refractivity contribution in [1.29, 1.82) is 0 Å². The molecular formula is C12H16O3.